The van der Waals surface area contributed by atoms with Gasteiger partial charge in [-0.25, -0.2) is 15.0 Å². The number of halogens is 11. The van der Waals surface area contributed by atoms with Gasteiger partial charge in [0.25, 0.3) is 17.7 Å². The minimum atomic E-state index is -4.56. The van der Waals surface area contributed by atoms with Gasteiger partial charge in [0.2, 0.25) is 0 Å². The lowest BCUT2D eigenvalue weighted by Gasteiger charge is -2.22. The van der Waals surface area contributed by atoms with Crippen molar-refractivity contribution in [1.82, 2.24) is 60.8 Å². The van der Waals surface area contributed by atoms with Crippen LogP contribution in [0.2, 0.25) is 0 Å². The zero-order valence-corrected chi connectivity index (χ0v) is 69.7. The van der Waals surface area contributed by atoms with Gasteiger partial charge in [0, 0.05) is 86.7 Å². The number of nitrogens with two attached hydrogens (primary N) is 1. The third-order valence-corrected chi connectivity index (χ3v) is 18.1. The topological polar surface area (TPSA) is 368 Å². The number of ether oxygens (including phenoxy) is 5. The highest BCUT2D eigenvalue weighted by atomic mass is 79.9. The van der Waals surface area contributed by atoms with Crippen LogP contribution in [-0.2, 0) is 19.6 Å². The van der Waals surface area contributed by atoms with Crippen LogP contribution in [0, 0.1) is 16.2 Å². The molecule has 3 amide bonds. The summed E-state index contributed by atoms with van der Waals surface area (Å²) < 4.78 is 140. The molecule has 0 aliphatic rings. The molecule has 6 heterocycles. The van der Waals surface area contributed by atoms with E-state index in [2.05, 4.69) is 166 Å². The summed E-state index contributed by atoms with van der Waals surface area (Å²) in [5.41, 5.74) is 9.08. The van der Waals surface area contributed by atoms with E-state index < -0.39 is 56.4 Å². The zero-order valence-electron chi connectivity index (χ0n) is 66.6. The molecular formula is C80H96Br2F9N19O9. The van der Waals surface area contributed by atoms with Gasteiger partial charge in [-0.1, -0.05) is 124 Å². The van der Waals surface area contributed by atoms with Crippen LogP contribution in [-0.4, -0.2) is 156 Å². The van der Waals surface area contributed by atoms with E-state index in [0.717, 1.165) is 64.5 Å². The number of alkyl halides is 11. The van der Waals surface area contributed by atoms with Crippen LogP contribution >= 0.6 is 31.9 Å². The van der Waals surface area contributed by atoms with Crippen LogP contribution < -0.4 is 77.3 Å². The number of pyridine rings is 3. The van der Waals surface area contributed by atoms with E-state index in [1.54, 1.807) is 48.5 Å². The molecule has 3 aromatic carbocycles. The number of aromatic nitrogens is 9. The fourth-order valence-electron chi connectivity index (χ4n) is 9.25. The quantitative estimate of drug-likeness (QED) is 0.00963. The number of benzene rings is 3. The number of nitrogens with one attached hydrogen (secondary N) is 9. The van der Waals surface area contributed by atoms with Gasteiger partial charge >= 0.3 is 36.6 Å². The van der Waals surface area contributed by atoms with Crippen LogP contribution in [0.3, 0.4) is 0 Å². The van der Waals surface area contributed by atoms with Crippen molar-refractivity contribution in [3.05, 3.63) is 179 Å². The Kier molecular flexibility index (Phi) is 36.3. The Morgan fingerprint density at radius 1 is 0.395 bits per heavy atom. The number of hydrogen-bond donors (Lipinski definition) is 11. The first-order chi connectivity index (χ1) is 56.3. The molecule has 0 spiro atoms. The first-order valence-corrected chi connectivity index (χ1v) is 39.6. The molecule has 0 aliphatic heterocycles. The number of carbonyl (C=O) groups excluding carboxylic acids is 3. The van der Waals surface area contributed by atoms with Crippen molar-refractivity contribution in [3.8, 4) is 35.3 Å². The highest BCUT2D eigenvalue weighted by molar-refractivity contribution is 9.09. The molecule has 9 aromatic rings. The number of carbonyl (C=O) groups is 3. The highest BCUT2D eigenvalue weighted by Gasteiger charge is 2.32. The molecule has 28 nitrogen and oxygen atoms in total. The van der Waals surface area contributed by atoms with E-state index in [4.69, 9.17) is 29.4 Å². The van der Waals surface area contributed by atoms with E-state index in [-0.39, 0.29) is 81.2 Å². The lowest BCUT2D eigenvalue weighted by molar-refractivity contribution is -0.155. The summed E-state index contributed by atoms with van der Waals surface area (Å²) in [6.45, 7) is 15.6. The van der Waals surface area contributed by atoms with Gasteiger partial charge in [-0.2, -0.15) is 69.4 Å². The largest absolute Gasteiger partial charge is 0.508 e. The normalized spacial score (nSPS) is 11.6. The van der Waals surface area contributed by atoms with Crippen LogP contribution in [0.4, 0.5) is 91.9 Å². The molecule has 0 atom stereocenters. The Morgan fingerprint density at radius 2 is 0.681 bits per heavy atom. The summed E-state index contributed by atoms with van der Waals surface area (Å²) in [4.78, 5) is 74.1. The van der Waals surface area contributed by atoms with Crippen LogP contribution in [0.1, 0.15) is 129 Å². The van der Waals surface area contributed by atoms with Crippen LogP contribution in [0.25, 0.3) is 0 Å². The van der Waals surface area contributed by atoms with Crippen LogP contribution in [0.5, 0.6) is 35.3 Å². The van der Waals surface area contributed by atoms with E-state index in [1.807, 2.05) is 62.4 Å². The van der Waals surface area contributed by atoms with E-state index >= 15 is 0 Å². The summed E-state index contributed by atoms with van der Waals surface area (Å²) in [5.74, 6) is 2.85. The molecule has 0 unspecified atom stereocenters. The Hall–Kier alpha value is -11.4. The predicted octanol–water partition coefficient (Wildman–Crippen LogP) is 16.6. The van der Waals surface area contributed by atoms with E-state index in [9.17, 15) is 59.0 Å². The lowest BCUT2D eigenvalue weighted by atomic mass is 9.90. The maximum atomic E-state index is 12.8. The Balaban J connectivity index is 0.000000247. The first kappa shape index (κ1) is 94.8. The third-order valence-electron chi connectivity index (χ3n) is 17.0. The molecule has 0 radical (unpaired) electrons. The van der Waals surface area contributed by atoms with Crippen molar-refractivity contribution < 1.29 is 82.7 Å². The molecule has 0 saturated carbocycles. The maximum absolute atomic E-state index is 12.8. The van der Waals surface area contributed by atoms with Crippen molar-refractivity contribution in [3.63, 3.8) is 0 Å². The number of phenolic OH excluding ortho intramolecular Hbond substituents is 1. The molecule has 12 N–H and O–H groups in total. The highest BCUT2D eigenvalue weighted by Crippen LogP contribution is 2.29. The maximum Gasteiger partial charge on any atom is 0.422 e. The van der Waals surface area contributed by atoms with Gasteiger partial charge in [0.05, 0.1) is 29.9 Å². The van der Waals surface area contributed by atoms with Gasteiger partial charge in [-0.05, 0) is 138 Å². The van der Waals surface area contributed by atoms with Gasteiger partial charge in [-0.15, -0.1) is 0 Å². The van der Waals surface area contributed by atoms with Crippen molar-refractivity contribution in [2.75, 3.05) is 102 Å². The summed E-state index contributed by atoms with van der Waals surface area (Å²) >= 11 is 6.72. The average Bonchev–Trinajstić information content (AvgIpc) is 0.841. The van der Waals surface area contributed by atoms with E-state index in [1.165, 1.54) is 48.9 Å². The molecule has 39 heteroatoms. The van der Waals surface area contributed by atoms with Crippen LogP contribution in [0.15, 0.2) is 146 Å². The first-order valence-electron chi connectivity index (χ1n) is 37.4. The minimum absolute atomic E-state index is 0.0279. The summed E-state index contributed by atoms with van der Waals surface area (Å²) in [7, 11) is 0. The number of anilines is 9. The average molecular weight is 1800 g/mol. The Morgan fingerprint density at radius 3 is 0.941 bits per heavy atom. The Bertz CT molecular complexity index is 4430. The standard InChI is InChI=1S/C28H34BrF3N6O3.C27H33BrF3N7O3.C25H29F3N6O3/c1-4-27(2,3)17-35-25(39)20-8-11-22(34-16-20)36-24-14-23(37-26(38-24)41-18-28(30,31)32)33-15-19-6-9-21(10-7-19)40-13-5-12-29;1-26(2,15-32)16-35-24(39)19-6-9-21(34-14-19)36-23-12-22(37-25(38-23)41-17-27(29,30)31)33-13-18-4-7-20(8-5-18)40-11-3-10-28;1-4-24(2,3)14-31-22(36)17-7-10-19(30-13-17)32-21-11-20(29-12-16-5-8-18(35)9-6-16)33-23(34-21)37-15-25(26,27)28/h6-11,14,16H,4-5,12-13,15,17-18H2,1-3H3,(H,35,39)(H2,33,34,36,37,38);4-9,12,14H,3,10-11,13,15-17,32H2,1-2H3,(H,35,39)(H2,33,34,36,37,38);5-11,13,35H,4,12,14-15H2,1-3H3,(H,31,36)(H2,29,30,32,33,34). The van der Waals surface area contributed by atoms with E-state index in [0.29, 0.717) is 86.6 Å². The molecule has 119 heavy (non-hydrogen) atoms. The molecule has 642 valence electrons. The second kappa shape index (κ2) is 45.6. The fourth-order valence-corrected chi connectivity index (χ4v) is 9.70. The van der Waals surface area contributed by atoms with Gasteiger partial charge in [-0.3, -0.25) is 14.4 Å². The second-order valence-corrected chi connectivity index (χ2v) is 30.5. The van der Waals surface area contributed by atoms with Gasteiger partial charge in [0.1, 0.15) is 69.6 Å². The lowest BCUT2D eigenvalue weighted by Crippen LogP contribution is -2.38. The fraction of sp³-hybridized carbons (Fsp3) is 0.400. The third kappa shape index (κ3) is 36.6. The monoisotopic (exact) mass is 1800 g/mol. The van der Waals surface area contributed by atoms with Crippen molar-refractivity contribution in [2.24, 2.45) is 22.0 Å². The molecule has 0 bridgehead atoms. The number of nitrogens with zero attached hydrogens (tertiary/aromatic N) is 9. The summed E-state index contributed by atoms with van der Waals surface area (Å²) in [6.07, 6.45) is -5.90. The van der Waals surface area contributed by atoms with Crippen molar-refractivity contribution >= 4 is 102 Å². The number of hydrogen-bond acceptors (Lipinski definition) is 25. The molecule has 6 aromatic heterocycles. The number of rotatable bonds is 41. The zero-order chi connectivity index (χ0) is 86.8. The number of phenols is 1. The molecule has 0 fully saturated rings. The Labute approximate surface area is 699 Å². The molecular weight excluding hydrogens is 1700 g/mol. The summed E-state index contributed by atoms with van der Waals surface area (Å²) in [6, 6.07) is 33.8. The van der Waals surface area contributed by atoms with Gasteiger partial charge in [0.15, 0.2) is 19.8 Å². The second-order valence-electron chi connectivity index (χ2n) is 28.9. The SMILES string of the molecule is CC(C)(CN)CNC(=O)c1ccc(Nc2cc(NCc3ccc(OCCCBr)cc3)nc(OCC(F)(F)F)n2)nc1.CCC(C)(C)CNC(=O)c1ccc(Nc2cc(NCc3ccc(O)cc3)nc(OCC(F)(F)F)n2)nc1.CCC(C)(C)CNC(=O)c1ccc(Nc2cc(NCc3ccc(OCCCBr)cc3)nc(OCC(F)(F)F)n2)nc1. The molecule has 0 aliphatic carbocycles. The van der Waals surface area contributed by atoms with Crippen molar-refractivity contribution in [2.45, 2.75) is 119 Å². The smallest absolute Gasteiger partial charge is 0.422 e. The number of amides is 3. The molecule has 0 saturated heterocycles. The predicted molar refractivity (Wildman–Crippen MR) is 442 cm³/mol. The molecule has 9 rings (SSSR count). The minimum Gasteiger partial charge on any atom is -0.508 e. The summed E-state index contributed by atoms with van der Waals surface area (Å²) in [5, 5.41) is 37.6. The van der Waals surface area contributed by atoms with Gasteiger partial charge < -0.3 is 82.4 Å². The van der Waals surface area contributed by atoms with Crippen molar-refractivity contribution in [1.29, 1.82) is 0 Å². The number of aromatic hydroxyl groups is 1.